The maximum absolute atomic E-state index is 12.4. The number of rotatable bonds is 4. The molecule has 1 unspecified atom stereocenters. The molecule has 2 rings (SSSR count). The average Bonchev–Trinajstić information content (AvgIpc) is 2.55. The maximum atomic E-state index is 12.4. The highest BCUT2D eigenvalue weighted by Crippen LogP contribution is 2.20. The van der Waals surface area contributed by atoms with Gasteiger partial charge in [-0.15, -0.1) is 0 Å². The Labute approximate surface area is 142 Å². The van der Waals surface area contributed by atoms with Crippen molar-refractivity contribution in [2.24, 2.45) is 0 Å². The summed E-state index contributed by atoms with van der Waals surface area (Å²) in [6, 6.07) is 15.0. The SMILES string of the molecule is CC(C#N)NC(=O)c1ccccc1NC(=O)c1ccccc1Br. The van der Waals surface area contributed by atoms with Crippen LogP contribution in [-0.2, 0) is 0 Å². The van der Waals surface area contributed by atoms with Gasteiger partial charge in [0.1, 0.15) is 6.04 Å². The monoisotopic (exact) mass is 371 g/mol. The number of para-hydroxylation sites is 1. The molecule has 0 aliphatic heterocycles. The quantitative estimate of drug-likeness (QED) is 0.864. The summed E-state index contributed by atoms with van der Waals surface area (Å²) in [6.07, 6.45) is 0. The lowest BCUT2D eigenvalue weighted by Gasteiger charge is -2.12. The molecule has 0 fully saturated rings. The highest BCUT2D eigenvalue weighted by atomic mass is 79.9. The van der Waals surface area contributed by atoms with E-state index in [1.54, 1.807) is 49.4 Å². The topological polar surface area (TPSA) is 82.0 Å². The van der Waals surface area contributed by atoms with Gasteiger partial charge in [-0.1, -0.05) is 24.3 Å². The summed E-state index contributed by atoms with van der Waals surface area (Å²) in [4.78, 5) is 24.6. The highest BCUT2D eigenvalue weighted by Gasteiger charge is 2.16. The molecule has 0 aliphatic carbocycles. The Hall–Kier alpha value is -2.65. The molecule has 23 heavy (non-hydrogen) atoms. The minimum absolute atomic E-state index is 0.301. The van der Waals surface area contributed by atoms with Crippen molar-refractivity contribution in [3.8, 4) is 6.07 Å². The molecule has 0 spiro atoms. The van der Waals surface area contributed by atoms with E-state index >= 15 is 0 Å². The Kier molecular flexibility index (Phi) is 5.50. The lowest BCUT2D eigenvalue weighted by molar-refractivity contribution is 0.0948. The molecule has 0 aliphatic rings. The molecule has 0 aromatic heterocycles. The first-order valence-electron chi connectivity index (χ1n) is 6.88. The van der Waals surface area contributed by atoms with Crippen molar-refractivity contribution in [2.45, 2.75) is 13.0 Å². The van der Waals surface area contributed by atoms with E-state index in [1.165, 1.54) is 0 Å². The molecule has 5 nitrogen and oxygen atoms in total. The molecule has 116 valence electrons. The van der Waals surface area contributed by atoms with Crippen LogP contribution in [0.4, 0.5) is 5.69 Å². The van der Waals surface area contributed by atoms with Crippen molar-refractivity contribution in [3.05, 3.63) is 64.1 Å². The predicted molar refractivity (Wildman–Crippen MR) is 91.1 cm³/mol. The van der Waals surface area contributed by atoms with Crippen LogP contribution < -0.4 is 10.6 Å². The standard InChI is InChI=1S/C17H14BrN3O2/c1-11(10-19)20-17(23)13-7-3-5-9-15(13)21-16(22)12-6-2-4-8-14(12)18/h2-9,11H,1H3,(H,20,23)(H,21,22). The normalized spacial score (nSPS) is 11.2. The molecule has 0 saturated carbocycles. The third kappa shape index (κ3) is 4.18. The van der Waals surface area contributed by atoms with Crippen molar-refractivity contribution in [1.29, 1.82) is 5.26 Å². The zero-order valence-electron chi connectivity index (χ0n) is 12.3. The fourth-order valence-electron chi connectivity index (χ4n) is 1.93. The van der Waals surface area contributed by atoms with Crippen molar-refractivity contribution in [3.63, 3.8) is 0 Å². The smallest absolute Gasteiger partial charge is 0.256 e. The van der Waals surface area contributed by atoms with E-state index in [0.717, 1.165) is 0 Å². The second-order valence-corrected chi connectivity index (χ2v) is 5.66. The lowest BCUT2D eigenvalue weighted by atomic mass is 10.1. The van der Waals surface area contributed by atoms with Crippen molar-refractivity contribution in [2.75, 3.05) is 5.32 Å². The van der Waals surface area contributed by atoms with E-state index in [9.17, 15) is 9.59 Å². The minimum atomic E-state index is -0.616. The zero-order chi connectivity index (χ0) is 16.8. The lowest BCUT2D eigenvalue weighted by Crippen LogP contribution is -2.32. The third-order valence-corrected chi connectivity index (χ3v) is 3.77. The number of nitrogens with zero attached hydrogens (tertiary/aromatic N) is 1. The van der Waals surface area contributed by atoms with Gasteiger partial charge in [-0.25, -0.2) is 0 Å². The number of hydrogen-bond donors (Lipinski definition) is 2. The van der Waals surface area contributed by atoms with Gasteiger partial charge < -0.3 is 10.6 Å². The van der Waals surface area contributed by atoms with Crippen LogP contribution in [0.1, 0.15) is 27.6 Å². The van der Waals surface area contributed by atoms with Gasteiger partial charge in [-0.2, -0.15) is 5.26 Å². The number of carbonyl (C=O) groups is 2. The number of anilines is 1. The molecule has 2 N–H and O–H groups in total. The van der Waals surface area contributed by atoms with E-state index in [2.05, 4.69) is 26.6 Å². The Morgan fingerprint density at radius 1 is 1.04 bits per heavy atom. The fraction of sp³-hybridized carbons (Fsp3) is 0.118. The summed E-state index contributed by atoms with van der Waals surface area (Å²) in [5, 5.41) is 14.1. The first kappa shape index (κ1) is 16.7. The average molecular weight is 372 g/mol. The first-order chi connectivity index (χ1) is 11.0. The van der Waals surface area contributed by atoms with Crippen LogP contribution in [0.25, 0.3) is 0 Å². The number of nitrogens with one attached hydrogen (secondary N) is 2. The largest absolute Gasteiger partial charge is 0.336 e. The van der Waals surface area contributed by atoms with Gasteiger partial charge in [0, 0.05) is 4.47 Å². The second-order valence-electron chi connectivity index (χ2n) is 4.80. The molecule has 6 heteroatoms. The van der Waals surface area contributed by atoms with Crippen LogP contribution in [0.2, 0.25) is 0 Å². The molecule has 2 aromatic rings. The number of benzene rings is 2. The van der Waals surface area contributed by atoms with Gasteiger partial charge >= 0.3 is 0 Å². The fourth-order valence-corrected chi connectivity index (χ4v) is 2.40. The van der Waals surface area contributed by atoms with Gasteiger partial charge in [0.25, 0.3) is 11.8 Å². The van der Waals surface area contributed by atoms with E-state index in [0.29, 0.717) is 21.3 Å². The summed E-state index contributed by atoms with van der Waals surface area (Å²) in [5.41, 5.74) is 1.15. The van der Waals surface area contributed by atoms with Crippen molar-refractivity contribution >= 4 is 33.4 Å². The molecule has 0 heterocycles. The van der Waals surface area contributed by atoms with Crippen LogP contribution in [0, 0.1) is 11.3 Å². The number of hydrogen-bond acceptors (Lipinski definition) is 3. The summed E-state index contributed by atoms with van der Waals surface area (Å²) in [7, 11) is 0. The molecular formula is C17H14BrN3O2. The Balaban J connectivity index is 2.24. The number of halogens is 1. The van der Waals surface area contributed by atoms with Gasteiger partial charge in [0.2, 0.25) is 0 Å². The van der Waals surface area contributed by atoms with E-state index in [1.807, 2.05) is 12.1 Å². The number of carbonyl (C=O) groups excluding carboxylic acids is 2. The second kappa shape index (κ2) is 7.56. The summed E-state index contributed by atoms with van der Waals surface area (Å²) < 4.78 is 0.664. The highest BCUT2D eigenvalue weighted by molar-refractivity contribution is 9.10. The van der Waals surface area contributed by atoms with Gasteiger partial charge in [0.15, 0.2) is 0 Å². The zero-order valence-corrected chi connectivity index (χ0v) is 13.9. The van der Waals surface area contributed by atoms with Gasteiger partial charge in [0.05, 0.1) is 22.9 Å². The third-order valence-electron chi connectivity index (χ3n) is 3.08. The molecule has 1 atom stereocenters. The van der Waals surface area contributed by atoms with E-state index < -0.39 is 11.9 Å². The van der Waals surface area contributed by atoms with Gasteiger partial charge in [-0.05, 0) is 47.1 Å². The van der Waals surface area contributed by atoms with Crippen molar-refractivity contribution in [1.82, 2.24) is 5.32 Å². The Morgan fingerprint density at radius 3 is 2.30 bits per heavy atom. The number of amides is 2. The first-order valence-corrected chi connectivity index (χ1v) is 7.67. The molecule has 0 radical (unpaired) electrons. The molecule has 0 bridgehead atoms. The van der Waals surface area contributed by atoms with E-state index in [4.69, 9.17) is 5.26 Å². The van der Waals surface area contributed by atoms with Crippen LogP contribution in [0.15, 0.2) is 53.0 Å². The Morgan fingerprint density at radius 2 is 1.65 bits per heavy atom. The molecule has 0 saturated heterocycles. The van der Waals surface area contributed by atoms with Crippen LogP contribution >= 0.6 is 15.9 Å². The molecule has 2 amide bonds. The molecular weight excluding hydrogens is 358 g/mol. The maximum Gasteiger partial charge on any atom is 0.256 e. The summed E-state index contributed by atoms with van der Waals surface area (Å²) in [6.45, 7) is 1.58. The van der Waals surface area contributed by atoms with Gasteiger partial charge in [-0.3, -0.25) is 9.59 Å². The van der Waals surface area contributed by atoms with Crippen LogP contribution in [0.5, 0.6) is 0 Å². The van der Waals surface area contributed by atoms with Crippen molar-refractivity contribution < 1.29 is 9.59 Å². The van der Waals surface area contributed by atoms with Crippen LogP contribution in [-0.4, -0.2) is 17.9 Å². The summed E-state index contributed by atoms with van der Waals surface area (Å²) >= 11 is 3.32. The van der Waals surface area contributed by atoms with Crippen LogP contribution in [0.3, 0.4) is 0 Å². The predicted octanol–water partition coefficient (Wildman–Crippen LogP) is 3.34. The Bertz CT molecular complexity index is 783. The summed E-state index contributed by atoms with van der Waals surface area (Å²) in [5.74, 6) is -0.742. The van der Waals surface area contributed by atoms with E-state index in [-0.39, 0.29) is 5.91 Å². The molecule has 2 aromatic carbocycles. The number of nitriles is 1. The minimum Gasteiger partial charge on any atom is -0.336 e.